The summed E-state index contributed by atoms with van der Waals surface area (Å²) < 4.78 is 7.01. The third-order valence-electron chi connectivity index (χ3n) is 6.48. The lowest BCUT2D eigenvalue weighted by molar-refractivity contribution is 0.0929. The van der Waals surface area contributed by atoms with Gasteiger partial charge in [0.2, 0.25) is 5.95 Å². The van der Waals surface area contributed by atoms with E-state index in [1.54, 1.807) is 0 Å². The maximum atomic E-state index is 6.01. The first-order valence-electron chi connectivity index (χ1n) is 11.7. The van der Waals surface area contributed by atoms with E-state index < -0.39 is 0 Å². The fourth-order valence-electron chi connectivity index (χ4n) is 4.74. The highest BCUT2D eigenvalue weighted by molar-refractivity contribution is 9.10. The number of hydrogen-bond donors (Lipinski definition) is 0. The molecule has 5 rings (SSSR count). The number of nitrogens with zero attached hydrogens (tertiary/aromatic N) is 5. The lowest BCUT2D eigenvalue weighted by Gasteiger charge is -2.24. The summed E-state index contributed by atoms with van der Waals surface area (Å²) in [5, 5.41) is 0. The van der Waals surface area contributed by atoms with E-state index in [1.807, 2.05) is 18.3 Å². The molecule has 0 saturated carbocycles. The molecule has 2 aromatic heterocycles. The smallest absolute Gasteiger partial charge is 0.227 e. The van der Waals surface area contributed by atoms with Crippen molar-refractivity contribution in [2.45, 2.75) is 38.8 Å². The van der Waals surface area contributed by atoms with E-state index in [0.29, 0.717) is 12.5 Å². The number of hydrogen-bond acceptors (Lipinski definition) is 6. The number of halogens is 1. The van der Waals surface area contributed by atoms with E-state index in [4.69, 9.17) is 14.7 Å². The van der Waals surface area contributed by atoms with Gasteiger partial charge in [-0.15, -0.1) is 0 Å². The topological polar surface area (TPSA) is 54.4 Å². The SMILES string of the molecule is CN(Cc1ccc(Br)cn1)c1nc(N2CCC(COCc3ccccc3)C2)nc2c1CCC2. The monoisotopic (exact) mass is 507 g/mol. The van der Waals surface area contributed by atoms with Crippen LogP contribution in [0.4, 0.5) is 11.8 Å². The molecule has 1 atom stereocenters. The quantitative estimate of drug-likeness (QED) is 0.436. The molecule has 2 aliphatic rings. The van der Waals surface area contributed by atoms with Gasteiger partial charge in [0.05, 0.1) is 31.1 Å². The summed E-state index contributed by atoms with van der Waals surface area (Å²) in [4.78, 5) is 19.2. The van der Waals surface area contributed by atoms with Crippen molar-refractivity contribution in [1.82, 2.24) is 15.0 Å². The molecule has 1 unspecified atom stereocenters. The number of rotatable bonds is 8. The fraction of sp³-hybridized carbons (Fsp3) is 0.423. The van der Waals surface area contributed by atoms with Crippen LogP contribution in [0.25, 0.3) is 0 Å². The third-order valence-corrected chi connectivity index (χ3v) is 6.95. The molecule has 1 saturated heterocycles. The van der Waals surface area contributed by atoms with Gasteiger partial charge in [-0.25, -0.2) is 4.98 Å². The van der Waals surface area contributed by atoms with Crippen LogP contribution in [-0.2, 0) is 30.7 Å². The van der Waals surface area contributed by atoms with Crippen LogP contribution in [0.2, 0.25) is 0 Å². The minimum absolute atomic E-state index is 0.513. The minimum atomic E-state index is 0.513. The highest BCUT2D eigenvalue weighted by atomic mass is 79.9. The zero-order valence-corrected chi connectivity index (χ0v) is 20.7. The van der Waals surface area contributed by atoms with Crippen LogP contribution in [0.15, 0.2) is 53.1 Å². The summed E-state index contributed by atoms with van der Waals surface area (Å²) in [5.74, 6) is 2.44. The summed E-state index contributed by atoms with van der Waals surface area (Å²) in [6.07, 6.45) is 6.21. The standard InChI is InChI=1S/C26H30BrN5O/c1-31(16-22-11-10-21(27)14-28-22)25-23-8-5-9-24(23)29-26(30-25)32-13-12-20(15-32)18-33-17-19-6-3-2-4-7-19/h2-4,6-7,10-11,14,20H,5,8-9,12-13,15-18H2,1H3. The Balaban J connectivity index is 1.25. The Morgan fingerprint density at radius 2 is 2.00 bits per heavy atom. The highest BCUT2D eigenvalue weighted by Gasteiger charge is 2.28. The van der Waals surface area contributed by atoms with Crippen molar-refractivity contribution >= 4 is 27.7 Å². The van der Waals surface area contributed by atoms with Crippen LogP contribution < -0.4 is 9.80 Å². The lowest BCUT2D eigenvalue weighted by Crippen LogP contribution is -2.26. The molecule has 0 bridgehead atoms. The number of pyridine rings is 1. The Morgan fingerprint density at radius 1 is 1.12 bits per heavy atom. The first-order chi connectivity index (χ1) is 16.2. The summed E-state index contributed by atoms with van der Waals surface area (Å²) in [5.41, 5.74) is 4.78. The molecule has 7 heteroatoms. The van der Waals surface area contributed by atoms with Crippen molar-refractivity contribution in [3.05, 3.63) is 75.6 Å². The summed E-state index contributed by atoms with van der Waals surface area (Å²) >= 11 is 3.47. The van der Waals surface area contributed by atoms with Crippen molar-refractivity contribution in [3.8, 4) is 0 Å². The molecule has 3 heterocycles. The van der Waals surface area contributed by atoms with Gasteiger partial charge in [-0.3, -0.25) is 4.98 Å². The van der Waals surface area contributed by atoms with Gasteiger partial charge in [0.1, 0.15) is 5.82 Å². The number of aryl methyl sites for hydroxylation is 1. The van der Waals surface area contributed by atoms with Crippen LogP contribution >= 0.6 is 15.9 Å². The molecule has 0 amide bonds. The number of aromatic nitrogens is 3. The van der Waals surface area contributed by atoms with Crippen molar-refractivity contribution in [2.24, 2.45) is 5.92 Å². The van der Waals surface area contributed by atoms with Crippen LogP contribution in [0.1, 0.15) is 35.4 Å². The largest absolute Gasteiger partial charge is 0.376 e. The molecular formula is C26H30BrN5O. The Bertz CT molecular complexity index is 1080. The molecule has 33 heavy (non-hydrogen) atoms. The normalized spacial score (nSPS) is 17.4. The molecule has 1 aliphatic heterocycles. The van der Waals surface area contributed by atoms with Crippen molar-refractivity contribution < 1.29 is 4.74 Å². The number of fused-ring (bicyclic) bond motifs is 1. The average Bonchev–Trinajstić information content (AvgIpc) is 3.50. The predicted octanol–water partition coefficient (Wildman–Crippen LogP) is 4.80. The second-order valence-electron chi connectivity index (χ2n) is 9.05. The maximum Gasteiger partial charge on any atom is 0.227 e. The zero-order chi connectivity index (χ0) is 22.6. The molecule has 0 N–H and O–H groups in total. The highest BCUT2D eigenvalue weighted by Crippen LogP contribution is 2.32. The fourth-order valence-corrected chi connectivity index (χ4v) is 4.98. The van der Waals surface area contributed by atoms with Crippen molar-refractivity contribution in [2.75, 3.05) is 36.5 Å². The van der Waals surface area contributed by atoms with E-state index in [-0.39, 0.29) is 0 Å². The first-order valence-corrected chi connectivity index (χ1v) is 12.5. The number of ether oxygens (including phenoxy) is 1. The van der Waals surface area contributed by atoms with Gasteiger partial charge in [-0.05, 0) is 59.3 Å². The van der Waals surface area contributed by atoms with Gasteiger partial charge in [0.15, 0.2) is 0 Å². The van der Waals surface area contributed by atoms with Gasteiger partial charge >= 0.3 is 0 Å². The third kappa shape index (κ3) is 5.36. The van der Waals surface area contributed by atoms with E-state index >= 15 is 0 Å². The van der Waals surface area contributed by atoms with Crippen LogP contribution in [0.5, 0.6) is 0 Å². The summed E-state index contributed by atoms with van der Waals surface area (Å²) in [6, 6.07) is 14.5. The minimum Gasteiger partial charge on any atom is -0.376 e. The Hall–Kier alpha value is -2.51. The molecule has 3 aromatic rings. The zero-order valence-electron chi connectivity index (χ0n) is 19.1. The Labute approximate surface area is 204 Å². The average molecular weight is 508 g/mol. The van der Waals surface area contributed by atoms with Crippen LogP contribution in [0.3, 0.4) is 0 Å². The molecule has 1 aliphatic carbocycles. The molecule has 6 nitrogen and oxygen atoms in total. The molecule has 1 aromatic carbocycles. The Morgan fingerprint density at radius 3 is 2.82 bits per heavy atom. The molecule has 1 fully saturated rings. The lowest BCUT2D eigenvalue weighted by atomic mass is 10.1. The number of benzene rings is 1. The summed E-state index contributed by atoms with van der Waals surface area (Å²) in [6.45, 7) is 4.11. The van der Waals surface area contributed by atoms with E-state index in [1.165, 1.54) is 16.8 Å². The molecule has 172 valence electrons. The predicted molar refractivity (Wildman–Crippen MR) is 135 cm³/mol. The number of anilines is 2. The van der Waals surface area contributed by atoms with Gasteiger partial charge in [0, 0.05) is 42.3 Å². The van der Waals surface area contributed by atoms with E-state index in [2.05, 4.69) is 68.1 Å². The van der Waals surface area contributed by atoms with Gasteiger partial charge in [-0.1, -0.05) is 30.3 Å². The van der Waals surface area contributed by atoms with Crippen LogP contribution in [0, 0.1) is 5.92 Å². The van der Waals surface area contributed by atoms with Crippen molar-refractivity contribution in [1.29, 1.82) is 0 Å². The van der Waals surface area contributed by atoms with Crippen molar-refractivity contribution in [3.63, 3.8) is 0 Å². The second-order valence-corrected chi connectivity index (χ2v) is 9.97. The van der Waals surface area contributed by atoms with Gasteiger partial charge < -0.3 is 14.5 Å². The molecule has 0 radical (unpaired) electrons. The molecule has 0 spiro atoms. The molecular weight excluding hydrogens is 478 g/mol. The van der Waals surface area contributed by atoms with E-state index in [0.717, 1.165) is 73.9 Å². The maximum absolute atomic E-state index is 6.01. The Kier molecular flexibility index (Phi) is 6.88. The second kappa shape index (κ2) is 10.2. The summed E-state index contributed by atoms with van der Waals surface area (Å²) in [7, 11) is 2.11. The van der Waals surface area contributed by atoms with Crippen LogP contribution in [-0.4, -0.2) is 41.7 Å². The van der Waals surface area contributed by atoms with Gasteiger partial charge in [0.25, 0.3) is 0 Å². The first kappa shape index (κ1) is 22.3. The van der Waals surface area contributed by atoms with Gasteiger partial charge in [-0.2, -0.15) is 4.98 Å². The van der Waals surface area contributed by atoms with E-state index in [9.17, 15) is 0 Å².